The zero-order valence-corrected chi connectivity index (χ0v) is 15.5. The highest BCUT2D eigenvalue weighted by molar-refractivity contribution is 5.90. The number of piperidine rings is 1. The Hall–Kier alpha value is -1.85. The van der Waals surface area contributed by atoms with Gasteiger partial charge in [-0.3, -0.25) is 4.90 Å². The molecular formula is C22H28N2O3. The van der Waals surface area contributed by atoms with E-state index in [-0.39, 0.29) is 12.5 Å². The average molecular weight is 374 g/mol. The predicted octanol–water partition coefficient (Wildman–Crippen LogP) is 3.34. The molecule has 0 amide bonds. The van der Waals surface area contributed by atoms with Gasteiger partial charge >= 0.3 is 5.97 Å². The Bertz CT molecular complexity index is 1100. The lowest BCUT2D eigenvalue weighted by atomic mass is 9.62. The van der Waals surface area contributed by atoms with Gasteiger partial charge in [-0.15, -0.1) is 0 Å². The monoisotopic (exact) mass is 373 g/mol. The number of carbonyl (C=O) groups is 1. The summed E-state index contributed by atoms with van der Waals surface area (Å²) in [5.74, 6) is -1.25. The molecule has 5 heteroatoms. The van der Waals surface area contributed by atoms with Crippen LogP contribution in [0.1, 0.15) is 63.6 Å². The molecular weight excluding hydrogens is 340 g/mol. The summed E-state index contributed by atoms with van der Waals surface area (Å²) in [5, 5.41) is 13.0. The van der Waals surface area contributed by atoms with Crippen LogP contribution in [0.15, 0.2) is 24.3 Å². The van der Waals surface area contributed by atoms with Crippen LogP contribution in [-0.4, -0.2) is 40.2 Å². The van der Waals surface area contributed by atoms with Crippen molar-refractivity contribution >= 4 is 16.9 Å². The van der Waals surface area contributed by atoms with Crippen molar-refractivity contribution in [1.82, 2.24) is 9.47 Å². The van der Waals surface area contributed by atoms with Gasteiger partial charge in [0.25, 0.3) is 0 Å². The Labute approximate surface area is 166 Å². The van der Waals surface area contributed by atoms with Crippen molar-refractivity contribution in [3.63, 3.8) is 0 Å². The first kappa shape index (κ1) is 12.6. The molecule has 0 saturated carbocycles. The first-order chi connectivity index (χ1) is 15.0. The number of hydrogen-bond donors (Lipinski definition) is 1. The smallest absolute Gasteiger partial charge is 0.360 e. The normalized spacial score (nSPS) is 36.1. The van der Waals surface area contributed by atoms with Crippen molar-refractivity contribution in [2.24, 2.45) is 5.41 Å². The molecule has 1 aromatic heterocycles. The second-order valence-corrected chi connectivity index (χ2v) is 8.21. The Morgan fingerprint density at radius 3 is 3.11 bits per heavy atom. The van der Waals surface area contributed by atoms with Crippen molar-refractivity contribution in [3.05, 3.63) is 35.5 Å². The lowest BCUT2D eigenvalue weighted by molar-refractivity contribution is -0.196. The standard InChI is InChI=1S/C22H28N2O3/c1-3-21-11-7-12-23-13-10-16-15-8-5-6-9-17(15)24(18(16)19(21)23)22(26,14-21)20(25)27-4-2/h5-6,8-9,19,26H,3-4,7,10-14H2,1-2H3/t19-,21+,22+/m1/s1/i2D3,4D2. The summed E-state index contributed by atoms with van der Waals surface area (Å²) in [6, 6.07) is 7.64. The van der Waals surface area contributed by atoms with Gasteiger partial charge in [-0.05, 0) is 56.1 Å². The van der Waals surface area contributed by atoms with E-state index in [9.17, 15) is 9.90 Å². The molecule has 1 aromatic carbocycles. The lowest BCUT2D eigenvalue weighted by Crippen LogP contribution is -2.60. The van der Waals surface area contributed by atoms with Gasteiger partial charge in [-0.1, -0.05) is 25.1 Å². The molecule has 0 spiro atoms. The molecule has 27 heavy (non-hydrogen) atoms. The molecule has 1 N–H and O–H groups in total. The minimum Gasteiger partial charge on any atom is -0.462 e. The van der Waals surface area contributed by atoms with Crippen LogP contribution in [0.25, 0.3) is 10.9 Å². The van der Waals surface area contributed by atoms with Crippen LogP contribution in [0, 0.1) is 5.41 Å². The van der Waals surface area contributed by atoms with Gasteiger partial charge in [0.15, 0.2) is 0 Å². The van der Waals surface area contributed by atoms with Gasteiger partial charge in [0, 0.05) is 28.2 Å². The molecule has 5 rings (SSSR count). The van der Waals surface area contributed by atoms with Crippen LogP contribution in [0.3, 0.4) is 0 Å². The van der Waals surface area contributed by atoms with Crippen molar-refractivity contribution in [2.75, 3.05) is 19.6 Å². The second-order valence-electron chi connectivity index (χ2n) is 8.21. The topological polar surface area (TPSA) is 54.7 Å². The maximum atomic E-state index is 13.4. The van der Waals surface area contributed by atoms with Gasteiger partial charge in [0.2, 0.25) is 5.72 Å². The number of rotatable bonds is 3. The number of carbonyl (C=O) groups excluding carboxylic acids is 1. The van der Waals surface area contributed by atoms with Crippen molar-refractivity contribution in [3.8, 4) is 0 Å². The van der Waals surface area contributed by atoms with Crippen molar-refractivity contribution < 1.29 is 21.5 Å². The van der Waals surface area contributed by atoms with Crippen molar-refractivity contribution in [1.29, 1.82) is 0 Å². The van der Waals surface area contributed by atoms with E-state index < -0.39 is 30.5 Å². The van der Waals surface area contributed by atoms with Crippen LogP contribution >= 0.6 is 0 Å². The Morgan fingerprint density at radius 2 is 2.30 bits per heavy atom. The molecule has 1 saturated heterocycles. The highest BCUT2D eigenvalue weighted by atomic mass is 16.6. The number of esters is 1. The van der Waals surface area contributed by atoms with E-state index in [0.29, 0.717) is 5.52 Å². The highest BCUT2D eigenvalue weighted by Gasteiger charge is 2.60. The fourth-order valence-corrected chi connectivity index (χ4v) is 6.06. The minimum absolute atomic E-state index is 0.0462. The van der Waals surface area contributed by atoms with E-state index in [4.69, 9.17) is 11.6 Å². The zero-order valence-electron chi connectivity index (χ0n) is 20.5. The first-order valence-corrected chi connectivity index (χ1v) is 9.78. The molecule has 0 unspecified atom stereocenters. The molecule has 3 aliphatic rings. The number of nitrogens with zero attached hydrogens (tertiary/aromatic N) is 2. The van der Waals surface area contributed by atoms with E-state index in [1.807, 2.05) is 24.3 Å². The maximum absolute atomic E-state index is 13.4. The third-order valence-electron chi connectivity index (χ3n) is 7.14. The van der Waals surface area contributed by atoms with Gasteiger partial charge in [-0.2, -0.15) is 0 Å². The number of aliphatic hydroxyl groups is 1. The first-order valence-electron chi connectivity index (χ1n) is 12.3. The molecule has 1 fully saturated rings. The maximum Gasteiger partial charge on any atom is 0.360 e. The van der Waals surface area contributed by atoms with Gasteiger partial charge in [0.1, 0.15) is 0 Å². The van der Waals surface area contributed by atoms with E-state index in [2.05, 4.69) is 11.8 Å². The van der Waals surface area contributed by atoms with Crippen LogP contribution in [-0.2, 0) is 21.7 Å². The quantitative estimate of drug-likeness (QED) is 0.839. The van der Waals surface area contributed by atoms with Gasteiger partial charge in [0.05, 0.1) is 20.9 Å². The Kier molecular flexibility index (Phi) is 2.71. The molecule has 4 heterocycles. The minimum atomic E-state index is -3.21. The number of para-hydroxylation sites is 1. The van der Waals surface area contributed by atoms with Crippen LogP contribution in [0.2, 0.25) is 0 Å². The molecule has 0 bridgehead atoms. The Morgan fingerprint density at radius 1 is 1.44 bits per heavy atom. The second kappa shape index (κ2) is 5.82. The van der Waals surface area contributed by atoms with E-state index in [0.717, 1.165) is 55.4 Å². The summed E-state index contributed by atoms with van der Waals surface area (Å²) in [4.78, 5) is 15.9. The SMILES string of the molecule is [2H]C([2H])([2H])C([2H])([2H])OC(=O)[C@@]1(O)C[C@]2(CC)CCCN3CCc4c(n1c1ccccc41)[C@@H]32. The number of fused-ring (bicyclic) bond motifs is 3. The number of benzene rings is 1. The molecule has 5 nitrogen and oxygen atoms in total. The summed E-state index contributed by atoms with van der Waals surface area (Å²) in [5.41, 5.74) is 0.0886. The largest absolute Gasteiger partial charge is 0.462 e. The predicted molar refractivity (Wildman–Crippen MR) is 103 cm³/mol. The summed E-state index contributed by atoms with van der Waals surface area (Å²) < 4.78 is 44.5. The van der Waals surface area contributed by atoms with E-state index in [1.54, 1.807) is 4.57 Å². The molecule has 0 aliphatic carbocycles. The fourth-order valence-electron chi connectivity index (χ4n) is 6.06. The molecule has 2 aromatic rings. The van der Waals surface area contributed by atoms with Crippen LogP contribution in [0.4, 0.5) is 0 Å². The third-order valence-corrected chi connectivity index (χ3v) is 7.14. The van der Waals surface area contributed by atoms with Crippen molar-refractivity contribution in [2.45, 2.75) is 57.6 Å². The lowest BCUT2D eigenvalue weighted by Gasteiger charge is -2.57. The molecule has 0 radical (unpaired) electrons. The van der Waals surface area contributed by atoms with E-state index in [1.165, 1.54) is 0 Å². The zero-order chi connectivity index (χ0) is 23.1. The fraction of sp³-hybridized carbons (Fsp3) is 0.591. The van der Waals surface area contributed by atoms with E-state index >= 15 is 0 Å². The average Bonchev–Trinajstić information content (AvgIpc) is 3.08. The Balaban J connectivity index is 1.75. The molecule has 3 aliphatic heterocycles. The molecule has 144 valence electrons. The summed E-state index contributed by atoms with van der Waals surface area (Å²) in [6.07, 6.45) is 3.35. The molecule has 3 atom stereocenters. The van der Waals surface area contributed by atoms with Gasteiger partial charge < -0.3 is 14.4 Å². The number of ether oxygens (including phenoxy) is 1. The number of aromatic nitrogens is 1. The number of hydrogen-bond acceptors (Lipinski definition) is 4. The summed E-state index contributed by atoms with van der Waals surface area (Å²) in [7, 11) is 0. The highest BCUT2D eigenvalue weighted by Crippen LogP contribution is 2.60. The summed E-state index contributed by atoms with van der Waals surface area (Å²) in [6.45, 7) is -2.45. The third kappa shape index (κ3) is 2.10. The van der Waals surface area contributed by atoms with Gasteiger partial charge in [-0.25, -0.2) is 4.79 Å². The van der Waals surface area contributed by atoms with Crippen LogP contribution < -0.4 is 0 Å². The van der Waals surface area contributed by atoms with Crippen LogP contribution in [0.5, 0.6) is 0 Å². The summed E-state index contributed by atoms with van der Waals surface area (Å²) >= 11 is 0.